The van der Waals surface area contributed by atoms with Crippen LogP contribution in [0.15, 0.2) is 84.9 Å². The Balaban J connectivity index is 1.23. The summed E-state index contributed by atoms with van der Waals surface area (Å²) in [5, 5.41) is 2.34. The van der Waals surface area contributed by atoms with Gasteiger partial charge >= 0.3 is 5.97 Å². The molecule has 4 nitrogen and oxygen atoms in total. The molecule has 0 saturated heterocycles. The van der Waals surface area contributed by atoms with Gasteiger partial charge in [0.15, 0.2) is 0 Å². The summed E-state index contributed by atoms with van der Waals surface area (Å²) in [6.07, 6.45) is 9.79. The summed E-state index contributed by atoms with van der Waals surface area (Å²) < 4.78 is 17.3. The summed E-state index contributed by atoms with van der Waals surface area (Å²) >= 11 is 0. The fourth-order valence-corrected chi connectivity index (χ4v) is 4.60. The molecular formula is C39H44O4. The normalized spacial score (nSPS) is 11.4. The Morgan fingerprint density at radius 2 is 1.37 bits per heavy atom. The highest BCUT2D eigenvalue weighted by Gasteiger charge is 2.10. The standard InChI is InChI=1S/C39H44O4/c1-4-6-7-8-9-10-11-12-13-31-14-16-35-27-32(15-17-34(35)26-31)29-42-36-20-18-33(19-21-36)39(40)43-38-24-22-37(23-25-38)41-28-30(3)5-2/h14-27,30H,4-11,28-29H2,1-3H3. The van der Waals surface area contributed by atoms with Gasteiger partial charge in [-0.3, -0.25) is 0 Å². The molecule has 4 rings (SSSR count). The number of fused-ring (bicyclic) bond motifs is 1. The lowest BCUT2D eigenvalue weighted by molar-refractivity contribution is 0.0734. The third kappa shape index (κ3) is 10.5. The highest BCUT2D eigenvalue weighted by molar-refractivity contribution is 5.91. The number of rotatable bonds is 15. The van der Waals surface area contributed by atoms with E-state index in [1.165, 1.54) is 43.9 Å². The van der Waals surface area contributed by atoms with Gasteiger partial charge in [0.25, 0.3) is 0 Å². The lowest BCUT2D eigenvalue weighted by Crippen LogP contribution is -2.09. The smallest absolute Gasteiger partial charge is 0.343 e. The molecule has 43 heavy (non-hydrogen) atoms. The molecule has 0 aliphatic heterocycles. The molecule has 0 aliphatic rings. The van der Waals surface area contributed by atoms with Crippen LogP contribution in [0.1, 0.15) is 93.6 Å². The molecule has 0 fully saturated rings. The Hall–Kier alpha value is -4.23. The van der Waals surface area contributed by atoms with Gasteiger partial charge in [0.05, 0.1) is 12.2 Å². The molecule has 0 spiro atoms. The number of hydrogen-bond acceptors (Lipinski definition) is 4. The van der Waals surface area contributed by atoms with Crippen LogP contribution >= 0.6 is 0 Å². The minimum Gasteiger partial charge on any atom is -0.493 e. The fourth-order valence-electron chi connectivity index (χ4n) is 4.60. The van der Waals surface area contributed by atoms with E-state index in [1.54, 1.807) is 36.4 Å². The highest BCUT2D eigenvalue weighted by atomic mass is 16.5. The van der Waals surface area contributed by atoms with Crippen molar-refractivity contribution in [3.05, 3.63) is 102 Å². The van der Waals surface area contributed by atoms with Gasteiger partial charge in [0, 0.05) is 12.0 Å². The molecule has 0 bridgehead atoms. The topological polar surface area (TPSA) is 44.8 Å². The first-order valence-corrected chi connectivity index (χ1v) is 15.7. The molecule has 0 aliphatic carbocycles. The van der Waals surface area contributed by atoms with Crippen LogP contribution in [0.25, 0.3) is 10.8 Å². The number of ether oxygens (including phenoxy) is 3. The Kier molecular flexibility index (Phi) is 12.5. The average Bonchev–Trinajstić information content (AvgIpc) is 3.04. The molecule has 224 valence electrons. The maximum atomic E-state index is 12.6. The van der Waals surface area contributed by atoms with Crippen LogP contribution in [0, 0.1) is 17.8 Å². The van der Waals surface area contributed by atoms with Crippen molar-refractivity contribution in [2.75, 3.05) is 6.61 Å². The Labute approximate surface area is 257 Å². The minimum absolute atomic E-state index is 0.416. The van der Waals surface area contributed by atoms with Gasteiger partial charge in [0.1, 0.15) is 23.9 Å². The Bertz CT molecular complexity index is 1490. The number of benzene rings is 4. The van der Waals surface area contributed by atoms with E-state index in [4.69, 9.17) is 14.2 Å². The summed E-state index contributed by atoms with van der Waals surface area (Å²) in [5.41, 5.74) is 2.60. The molecule has 0 radical (unpaired) electrons. The predicted molar refractivity (Wildman–Crippen MR) is 176 cm³/mol. The first-order chi connectivity index (χ1) is 21.0. The predicted octanol–water partition coefficient (Wildman–Crippen LogP) is 10.2. The Morgan fingerprint density at radius 3 is 2.14 bits per heavy atom. The van der Waals surface area contributed by atoms with Crippen LogP contribution in [-0.4, -0.2) is 12.6 Å². The quantitative estimate of drug-likeness (QED) is 0.0611. The van der Waals surface area contributed by atoms with Crippen LogP contribution < -0.4 is 14.2 Å². The monoisotopic (exact) mass is 576 g/mol. The molecule has 4 heteroatoms. The molecule has 1 atom stereocenters. The van der Waals surface area contributed by atoms with Crippen LogP contribution in [0.3, 0.4) is 0 Å². The second kappa shape index (κ2) is 17.0. The highest BCUT2D eigenvalue weighted by Crippen LogP contribution is 2.22. The van der Waals surface area contributed by atoms with E-state index in [1.807, 2.05) is 12.1 Å². The molecule has 0 amide bonds. The first kappa shape index (κ1) is 31.7. The van der Waals surface area contributed by atoms with Crippen molar-refractivity contribution < 1.29 is 19.0 Å². The number of carbonyl (C=O) groups is 1. The SMILES string of the molecule is CCCCCCCCC#Cc1ccc2cc(COc3ccc(C(=O)Oc4ccc(OCC(C)CC)cc4)cc3)ccc2c1. The average molecular weight is 577 g/mol. The maximum Gasteiger partial charge on any atom is 0.343 e. The second-order valence-corrected chi connectivity index (χ2v) is 11.2. The first-order valence-electron chi connectivity index (χ1n) is 15.7. The molecule has 0 saturated carbocycles. The molecule has 1 unspecified atom stereocenters. The number of hydrogen-bond donors (Lipinski definition) is 0. The van der Waals surface area contributed by atoms with Crippen molar-refractivity contribution in [1.29, 1.82) is 0 Å². The summed E-state index contributed by atoms with van der Waals surface area (Å²) in [4.78, 5) is 12.6. The van der Waals surface area contributed by atoms with E-state index in [0.717, 1.165) is 35.1 Å². The van der Waals surface area contributed by atoms with E-state index in [2.05, 4.69) is 69.0 Å². The van der Waals surface area contributed by atoms with E-state index >= 15 is 0 Å². The maximum absolute atomic E-state index is 12.6. The zero-order valence-electron chi connectivity index (χ0n) is 25.9. The Morgan fingerprint density at radius 1 is 0.721 bits per heavy atom. The summed E-state index contributed by atoms with van der Waals surface area (Å²) in [7, 11) is 0. The third-order valence-electron chi connectivity index (χ3n) is 7.55. The molecular weight excluding hydrogens is 532 g/mol. The van der Waals surface area contributed by atoms with Crippen molar-refractivity contribution >= 4 is 16.7 Å². The van der Waals surface area contributed by atoms with Gasteiger partial charge < -0.3 is 14.2 Å². The molecule has 0 heterocycles. The lowest BCUT2D eigenvalue weighted by Gasteiger charge is -2.11. The lowest BCUT2D eigenvalue weighted by atomic mass is 10.0. The van der Waals surface area contributed by atoms with Gasteiger partial charge in [0.2, 0.25) is 0 Å². The van der Waals surface area contributed by atoms with Gasteiger partial charge in [-0.15, -0.1) is 0 Å². The van der Waals surface area contributed by atoms with Crippen molar-refractivity contribution in [3.8, 4) is 29.1 Å². The summed E-state index contributed by atoms with van der Waals surface area (Å²) in [6, 6.07) is 26.9. The van der Waals surface area contributed by atoms with E-state index in [0.29, 0.717) is 36.2 Å². The number of unbranched alkanes of at least 4 members (excludes halogenated alkanes) is 6. The van der Waals surface area contributed by atoms with Crippen LogP contribution in [0.5, 0.6) is 17.2 Å². The van der Waals surface area contributed by atoms with E-state index in [-0.39, 0.29) is 0 Å². The minimum atomic E-state index is -0.416. The van der Waals surface area contributed by atoms with Crippen molar-refractivity contribution in [3.63, 3.8) is 0 Å². The van der Waals surface area contributed by atoms with E-state index in [9.17, 15) is 4.79 Å². The van der Waals surface area contributed by atoms with Crippen molar-refractivity contribution in [1.82, 2.24) is 0 Å². The third-order valence-corrected chi connectivity index (χ3v) is 7.55. The summed E-state index contributed by atoms with van der Waals surface area (Å²) in [5.74, 6) is 8.67. The van der Waals surface area contributed by atoms with Gasteiger partial charge in [-0.1, -0.05) is 89.3 Å². The van der Waals surface area contributed by atoms with Crippen molar-refractivity contribution in [2.24, 2.45) is 5.92 Å². The van der Waals surface area contributed by atoms with Gasteiger partial charge in [-0.05, 0) is 95.4 Å². The zero-order chi connectivity index (χ0) is 30.3. The van der Waals surface area contributed by atoms with E-state index < -0.39 is 5.97 Å². The largest absolute Gasteiger partial charge is 0.493 e. The van der Waals surface area contributed by atoms with Crippen LogP contribution in [0.4, 0.5) is 0 Å². The zero-order valence-corrected chi connectivity index (χ0v) is 25.9. The van der Waals surface area contributed by atoms with Gasteiger partial charge in [-0.2, -0.15) is 0 Å². The van der Waals surface area contributed by atoms with Gasteiger partial charge in [-0.25, -0.2) is 4.79 Å². The molecule has 0 aromatic heterocycles. The van der Waals surface area contributed by atoms with Crippen LogP contribution in [0.2, 0.25) is 0 Å². The second-order valence-electron chi connectivity index (χ2n) is 11.2. The van der Waals surface area contributed by atoms with Crippen LogP contribution in [-0.2, 0) is 6.61 Å². The fraction of sp³-hybridized carbons (Fsp3) is 0.359. The summed E-state index contributed by atoms with van der Waals surface area (Å²) in [6.45, 7) is 7.65. The molecule has 0 N–H and O–H groups in total. The molecule has 4 aromatic rings. The number of carbonyl (C=O) groups excluding carboxylic acids is 1. The molecule has 4 aromatic carbocycles. The van der Waals surface area contributed by atoms with Crippen molar-refractivity contribution in [2.45, 2.75) is 78.7 Å². The number of esters is 1.